The molecule has 1 N–H and O–H groups in total. The molecule has 0 aliphatic carbocycles. The summed E-state index contributed by atoms with van der Waals surface area (Å²) in [6.45, 7) is 1.69. The topological polar surface area (TPSA) is 87.2 Å². The number of amides is 1. The van der Waals surface area contributed by atoms with Crippen molar-refractivity contribution in [2.45, 2.75) is 36.7 Å². The van der Waals surface area contributed by atoms with Crippen molar-refractivity contribution in [1.29, 1.82) is 0 Å². The molecule has 1 saturated heterocycles. The first-order chi connectivity index (χ1) is 15.1. The van der Waals surface area contributed by atoms with E-state index in [-0.39, 0.29) is 34.9 Å². The first kappa shape index (κ1) is 24.9. The first-order valence-corrected chi connectivity index (χ1v) is 12.5. The smallest absolute Gasteiger partial charge is 0.410 e. The van der Waals surface area contributed by atoms with Crippen LogP contribution in [0.3, 0.4) is 0 Å². The minimum Gasteiger partial charge on any atom is -0.447 e. The Balaban J connectivity index is 1.91. The van der Waals surface area contributed by atoms with Gasteiger partial charge >= 0.3 is 6.09 Å². The number of hydrogen-bond acceptors (Lipinski definition) is 5. The Hall–Kier alpha value is -1.71. The SMILES string of the molecule is CC(COC(=O)N1CCCC1CO)N(c1cc(Cl)ccc1Cl)S(=O)(=O)c1ccc(Cl)cc1. The standard InChI is InChI=1S/C21H23Cl3N2O5S/c1-14(13-31-21(28)25-10-2-3-17(25)12-27)26(20-11-16(23)6-9-19(20)24)32(29,30)18-7-4-15(22)5-8-18/h4-9,11,14,17,27H,2-3,10,12-13H2,1H3. The zero-order chi connectivity index (χ0) is 23.5. The van der Waals surface area contributed by atoms with Gasteiger partial charge in [-0.25, -0.2) is 13.2 Å². The third-order valence-electron chi connectivity index (χ3n) is 5.19. The Labute approximate surface area is 202 Å². The maximum absolute atomic E-state index is 13.5. The average Bonchev–Trinajstić information content (AvgIpc) is 3.24. The van der Waals surface area contributed by atoms with Crippen LogP contribution in [0, 0.1) is 0 Å². The number of likely N-dealkylation sites (tertiary alicyclic amines) is 1. The Bertz CT molecular complexity index is 1070. The Kier molecular flexibility index (Phi) is 8.16. The van der Waals surface area contributed by atoms with E-state index in [2.05, 4.69) is 0 Å². The third-order valence-corrected chi connectivity index (χ3v) is 7.94. The number of carbonyl (C=O) groups excluding carboxylic acids is 1. The first-order valence-electron chi connectivity index (χ1n) is 9.94. The van der Waals surface area contributed by atoms with Crippen molar-refractivity contribution in [1.82, 2.24) is 4.90 Å². The van der Waals surface area contributed by atoms with E-state index in [1.54, 1.807) is 13.0 Å². The lowest BCUT2D eigenvalue weighted by Gasteiger charge is -2.32. The molecule has 2 atom stereocenters. The number of hydrogen-bond donors (Lipinski definition) is 1. The number of benzene rings is 2. The second-order valence-electron chi connectivity index (χ2n) is 7.45. The highest BCUT2D eigenvalue weighted by Gasteiger charge is 2.34. The molecule has 11 heteroatoms. The molecule has 2 unspecified atom stereocenters. The lowest BCUT2D eigenvalue weighted by atomic mass is 10.2. The molecule has 0 aromatic heterocycles. The highest BCUT2D eigenvalue weighted by atomic mass is 35.5. The molecule has 2 aromatic rings. The second kappa shape index (κ2) is 10.5. The summed E-state index contributed by atoms with van der Waals surface area (Å²) in [6.07, 6.45) is 0.857. The van der Waals surface area contributed by atoms with Gasteiger partial charge in [0.1, 0.15) is 6.61 Å². The molecule has 1 aliphatic rings. The van der Waals surface area contributed by atoms with Crippen molar-refractivity contribution >= 4 is 56.6 Å². The van der Waals surface area contributed by atoms with E-state index in [9.17, 15) is 18.3 Å². The maximum Gasteiger partial charge on any atom is 0.410 e. The molecule has 1 fully saturated rings. The van der Waals surface area contributed by atoms with Gasteiger partial charge in [0.05, 0.1) is 34.3 Å². The second-order valence-corrected chi connectivity index (χ2v) is 10.5. The highest BCUT2D eigenvalue weighted by Crippen LogP contribution is 2.35. The number of anilines is 1. The maximum atomic E-state index is 13.5. The molecule has 174 valence electrons. The van der Waals surface area contributed by atoms with Crippen LogP contribution in [0.15, 0.2) is 47.4 Å². The fourth-order valence-electron chi connectivity index (χ4n) is 3.59. The van der Waals surface area contributed by atoms with Crippen LogP contribution in [-0.4, -0.2) is 56.4 Å². The van der Waals surface area contributed by atoms with Gasteiger partial charge in [-0.05, 0) is 62.2 Å². The number of nitrogens with zero attached hydrogens (tertiary/aromatic N) is 2. The number of carbonyl (C=O) groups is 1. The Morgan fingerprint density at radius 1 is 1.19 bits per heavy atom. The predicted molar refractivity (Wildman–Crippen MR) is 125 cm³/mol. The number of aliphatic hydroxyl groups is 1. The van der Waals surface area contributed by atoms with E-state index in [4.69, 9.17) is 39.5 Å². The van der Waals surface area contributed by atoms with Crippen molar-refractivity contribution in [3.8, 4) is 0 Å². The predicted octanol–water partition coefficient (Wildman–Crippen LogP) is 4.82. The van der Waals surface area contributed by atoms with E-state index in [1.165, 1.54) is 41.3 Å². The number of halogens is 3. The van der Waals surface area contributed by atoms with Crippen molar-refractivity contribution in [3.63, 3.8) is 0 Å². The number of ether oxygens (including phenoxy) is 1. The summed E-state index contributed by atoms with van der Waals surface area (Å²) in [5.74, 6) is 0. The summed E-state index contributed by atoms with van der Waals surface area (Å²) in [7, 11) is -4.11. The van der Waals surface area contributed by atoms with E-state index in [0.29, 0.717) is 23.0 Å². The molecular weight excluding hydrogens is 499 g/mol. The van der Waals surface area contributed by atoms with Gasteiger partial charge in [-0.3, -0.25) is 4.31 Å². The zero-order valence-corrected chi connectivity index (χ0v) is 20.3. The summed E-state index contributed by atoms with van der Waals surface area (Å²) < 4.78 is 33.6. The fourth-order valence-corrected chi connectivity index (χ4v) is 5.79. The van der Waals surface area contributed by atoms with Gasteiger partial charge in [0.2, 0.25) is 0 Å². The molecule has 1 amide bonds. The molecule has 32 heavy (non-hydrogen) atoms. The van der Waals surface area contributed by atoms with Crippen LogP contribution in [0.2, 0.25) is 15.1 Å². The van der Waals surface area contributed by atoms with Crippen LogP contribution < -0.4 is 4.31 Å². The Morgan fingerprint density at radius 3 is 2.50 bits per heavy atom. The van der Waals surface area contributed by atoms with Gasteiger partial charge in [-0.2, -0.15) is 0 Å². The minimum atomic E-state index is -4.11. The van der Waals surface area contributed by atoms with E-state index in [1.807, 2.05) is 0 Å². The average molecular weight is 522 g/mol. The molecule has 1 aliphatic heterocycles. The molecule has 2 aromatic carbocycles. The lowest BCUT2D eigenvalue weighted by Crippen LogP contribution is -2.44. The molecule has 0 radical (unpaired) electrons. The Morgan fingerprint density at radius 2 is 1.84 bits per heavy atom. The molecule has 0 saturated carbocycles. The van der Waals surface area contributed by atoms with Crippen LogP contribution in [-0.2, 0) is 14.8 Å². The van der Waals surface area contributed by atoms with Crippen molar-refractivity contribution in [3.05, 3.63) is 57.5 Å². The summed E-state index contributed by atoms with van der Waals surface area (Å²) >= 11 is 18.4. The zero-order valence-electron chi connectivity index (χ0n) is 17.2. The van der Waals surface area contributed by atoms with E-state index < -0.39 is 22.2 Å². The van der Waals surface area contributed by atoms with Gasteiger partial charge < -0.3 is 14.7 Å². The third kappa shape index (κ3) is 5.43. The van der Waals surface area contributed by atoms with Gasteiger partial charge in [0.25, 0.3) is 10.0 Å². The van der Waals surface area contributed by atoms with E-state index >= 15 is 0 Å². The van der Waals surface area contributed by atoms with Crippen molar-refractivity contribution in [2.24, 2.45) is 0 Å². The van der Waals surface area contributed by atoms with Crippen LogP contribution in [0.4, 0.5) is 10.5 Å². The van der Waals surface area contributed by atoms with Gasteiger partial charge in [0.15, 0.2) is 0 Å². The summed E-state index contributed by atoms with van der Waals surface area (Å²) in [5.41, 5.74) is 0.159. The summed E-state index contributed by atoms with van der Waals surface area (Å²) in [5, 5.41) is 10.3. The van der Waals surface area contributed by atoms with Crippen molar-refractivity contribution < 1.29 is 23.1 Å². The molecule has 3 rings (SSSR count). The van der Waals surface area contributed by atoms with Crippen molar-refractivity contribution in [2.75, 3.05) is 24.1 Å². The number of rotatable bonds is 7. The normalized spacial score (nSPS) is 17.3. The number of aliphatic hydroxyl groups excluding tert-OH is 1. The van der Waals surface area contributed by atoms with Crippen LogP contribution in [0.25, 0.3) is 0 Å². The fraction of sp³-hybridized carbons (Fsp3) is 0.381. The number of sulfonamides is 1. The monoisotopic (exact) mass is 520 g/mol. The molecule has 1 heterocycles. The van der Waals surface area contributed by atoms with Crippen LogP contribution in [0.1, 0.15) is 19.8 Å². The summed E-state index contributed by atoms with van der Waals surface area (Å²) in [6, 6.07) is 9.10. The molecule has 7 nitrogen and oxygen atoms in total. The minimum absolute atomic E-state index is 0.00370. The van der Waals surface area contributed by atoms with Crippen LogP contribution in [0.5, 0.6) is 0 Å². The lowest BCUT2D eigenvalue weighted by molar-refractivity contribution is 0.0818. The largest absolute Gasteiger partial charge is 0.447 e. The van der Waals surface area contributed by atoms with Gasteiger partial charge in [0, 0.05) is 16.6 Å². The molecule has 0 bridgehead atoms. The van der Waals surface area contributed by atoms with Gasteiger partial charge in [-0.15, -0.1) is 0 Å². The highest BCUT2D eigenvalue weighted by molar-refractivity contribution is 7.92. The molecule has 0 spiro atoms. The van der Waals surface area contributed by atoms with E-state index in [0.717, 1.165) is 10.7 Å². The van der Waals surface area contributed by atoms with Crippen LogP contribution >= 0.6 is 34.8 Å². The van der Waals surface area contributed by atoms with Gasteiger partial charge in [-0.1, -0.05) is 34.8 Å². The summed E-state index contributed by atoms with van der Waals surface area (Å²) in [4.78, 5) is 14.0. The quantitative estimate of drug-likeness (QED) is 0.564. The molecular formula is C21H23Cl3N2O5S.